The third-order valence-electron chi connectivity index (χ3n) is 3.60. The summed E-state index contributed by atoms with van der Waals surface area (Å²) in [5.74, 6) is -2.47. The van der Waals surface area contributed by atoms with Crippen molar-refractivity contribution in [2.24, 2.45) is 0 Å². The molecule has 0 spiro atoms. The van der Waals surface area contributed by atoms with E-state index in [2.05, 4.69) is 5.10 Å². The molecule has 1 aromatic heterocycles. The molecule has 0 atom stereocenters. The minimum atomic E-state index is -4.63. The fraction of sp³-hybridized carbons (Fsp3) is 0.294. The van der Waals surface area contributed by atoms with E-state index in [1.54, 1.807) is 12.2 Å². The number of aryl methyl sites for hydroxylation is 1. The van der Waals surface area contributed by atoms with Crippen molar-refractivity contribution < 1.29 is 36.7 Å². The molecule has 0 bridgehead atoms. The first-order valence-corrected chi connectivity index (χ1v) is 8.11. The van der Waals surface area contributed by atoms with E-state index in [0.717, 1.165) is 0 Å². The van der Waals surface area contributed by atoms with Crippen LogP contribution in [0.4, 0.5) is 22.4 Å². The van der Waals surface area contributed by atoms with E-state index in [9.17, 15) is 31.9 Å². The third kappa shape index (κ3) is 6.02. The number of benzene rings is 1. The van der Waals surface area contributed by atoms with Gasteiger partial charge in [0.25, 0.3) is 5.91 Å². The molecule has 0 saturated carbocycles. The smallest absolute Gasteiger partial charge is 0.405 e. The highest BCUT2D eigenvalue weighted by Gasteiger charge is 2.28. The lowest BCUT2D eigenvalue weighted by atomic mass is 10.2. The van der Waals surface area contributed by atoms with Crippen molar-refractivity contribution in [3.8, 4) is 5.69 Å². The maximum Gasteiger partial charge on any atom is 0.405 e. The lowest BCUT2D eigenvalue weighted by Crippen LogP contribution is -2.44. The van der Waals surface area contributed by atoms with E-state index in [-0.39, 0.29) is 11.3 Å². The predicted octanol–water partition coefficient (Wildman–Crippen LogP) is 2.17. The largest absolute Gasteiger partial charge is 0.452 e. The Kier molecular flexibility index (Phi) is 6.56. The van der Waals surface area contributed by atoms with E-state index in [1.165, 1.54) is 41.2 Å². The number of esters is 1. The van der Waals surface area contributed by atoms with Crippen LogP contribution in [0.2, 0.25) is 0 Å². The van der Waals surface area contributed by atoms with E-state index in [4.69, 9.17) is 4.74 Å². The zero-order valence-corrected chi connectivity index (χ0v) is 15.3. The molecule has 0 aliphatic carbocycles. The lowest BCUT2D eigenvalue weighted by molar-refractivity contribution is -0.125. The van der Waals surface area contributed by atoms with Crippen LogP contribution in [0, 0.1) is 19.7 Å². The van der Waals surface area contributed by atoms with Gasteiger partial charge in [-0.2, -0.15) is 18.3 Å². The Hall–Kier alpha value is -3.44. The lowest BCUT2D eigenvalue weighted by Gasteiger charge is -2.09. The van der Waals surface area contributed by atoms with Gasteiger partial charge in [-0.05, 0) is 38.1 Å². The summed E-state index contributed by atoms with van der Waals surface area (Å²) in [6.07, 6.45) is -4.63. The number of rotatable bonds is 5. The van der Waals surface area contributed by atoms with Crippen LogP contribution in [-0.2, 0) is 9.53 Å². The maximum atomic E-state index is 13.1. The van der Waals surface area contributed by atoms with Crippen LogP contribution in [0.5, 0.6) is 0 Å². The first-order chi connectivity index (χ1) is 13.5. The highest BCUT2D eigenvalue weighted by Crippen LogP contribution is 2.19. The molecule has 0 aliphatic rings. The van der Waals surface area contributed by atoms with Gasteiger partial charge < -0.3 is 10.1 Å². The standard InChI is InChI=1S/C17H16F4N4O4/c1-9-14(10(2)25(24-9)12-5-3-11(18)4-6-12)15(27)29-7-13(26)23-16(28)22-8-17(19,20)21/h3-6H,7-8H2,1-2H3,(H2,22,23,26,28). The van der Waals surface area contributed by atoms with Gasteiger partial charge in [0.2, 0.25) is 0 Å². The number of aromatic nitrogens is 2. The monoisotopic (exact) mass is 416 g/mol. The Balaban J connectivity index is 1.98. The topological polar surface area (TPSA) is 102 Å². The van der Waals surface area contributed by atoms with Crippen LogP contribution in [0.25, 0.3) is 5.69 Å². The number of nitrogens with one attached hydrogen (secondary N) is 2. The Morgan fingerprint density at radius 3 is 2.34 bits per heavy atom. The SMILES string of the molecule is Cc1nn(-c2ccc(F)cc2)c(C)c1C(=O)OCC(=O)NC(=O)NCC(F)(F)F. The van der Waals surface area contributed by atoms with Crippen LogP contribution in [-0.4, -0.2) is 47.0 Å². The summed E-state index contributed by atoms with van der Waals surface area (Å²) in [6.45, 7) is 0.574. The van der Waals surface area contributed by atoms with Gasteiger partial charge in [0, 0.05) is 0 Å². The average molecular weight is 416 g/mol. The van der Waals surface area contributed by atoms with Gasteiger partial charge in [-0.1, -0.05) is 0 Å². The second kappa shape index (κ2) is 8.71. The molecule has 2 rings (SSSR count). The summed E-state index contributed by atoms with van der Waals surface area (Å²) in [5, 5.41) is 7.22. The Morgan fingerprint density at radius 1 is 1.14 bits per heavy atom. The Bertz CT molecular complexity index is 923. The molecule has 0 radical (unpaired) electrons. The van der Waals surface area contributed by atoms with Crippen molar-refractivity contribution in [2.45, 2.75) is 20.0 Å². The number of alkyl halides is 3. The fourth-order valence-electron chi connectivity index (χ4n) is 2.36. The Morgan fingerprint density at radius 2 is 1.76 bits per heavy atom. The van der Waals surface area contributed by atoms with Gasteiger partial charge in [-0.3, -0.25) is 10.1 Å². The molecule has 1 aromatic carbocycles. The molecule has 0 fully saturated rings. The summed E-state index contributed by atoms with van der Waals surface area (Å²) in [4.78, 5) is 35.0. The van der Waals surface area contributed by atoms with Gasteiger partial charge in [0.1, 0.15) is 17.9 Å². The van der Waals surface area contributed by atoms with E-state index in [1.807, 2.05) is 0 Å². The van der Waals surface area contributed by atoms with Gasteiger partial charge in [-0.25, -0.2) is 18.7 Å². The van der Waals surface area contributed by atoms with Crippen LogP contribution in [0.15, 0.2) is 24.3 Å². The van der Waals surface area contributed by atoms with Crippen LogP contribution >= 0.6 is 0 Å². The molecular formula is C17H16F4N4O4. The average Bonchev–Trinajstić information content (AvgIpc) is 2.92. The molecule has 3 amide bonds. The number of nitrogens with zero attached hydrogens (tertiary/aromatic N) is 2. The fourth-order valence-corrected chi connectivity index (χ4v) is 2.36. The van der Waals surface area contributed by atoms with Gasteiger partial charge in [0.05, 0.1) is 17.1 Å². The molecule has 156 valence electrons. The summed E-state index contributed by atoms with van der Waals surface area (Å²) in [6, 6.07) is 3.98. The van der Waals surface area contributed by atoms with Crippen molar-refractivity contribution in [1.29, 1.82) is 0 Å². The zero-order valence-electron chi connectivity index (χ0n) is 15.3. The molecule has 12 heteroatoms. The van der Waals surface area contributed by atoms with Crippen molar-refractivity contribution in [3.63, 3.8) is 0 Å². The number of hydrogen-bond acceptors (Lipinski definition) is 5. The van der Waals surface area contributed by atoms with Crippen molar-refractivity contribution in [3.05, 3.63) is 47.0 Å². The zero-order chi connectivity index (χ0) is 21.8. The second-order valence-corrected chi connectivity index (χ2v) is 5.86. The summed E-state index contributed by atoms with van der Waals surface area (Å²) in [7, 11) is 0. The number of urea groups is 1. The van der Waals surface area contributed by atoms with Gasteiger partial charge >= 0.3 is 18.2 Å². The van der Waals surface area contributed by atoms with E-state index < -0.39 is 43.1 Å². The highest BCUT2D eigenvalue weighted by molar-refractivity contribution is 5.97. The summed E-state index contributed by atoms with van der Waals surface area (Å²) in [5.41, 5.74) is 1.19. The number of hydrogen-bond donors (Lipinski definition) is 2. The first kappa shape index (κ1) is 21.9. The van der Waals surface area contributed by atoms with Crippen LogP contribution in [0.3, 0.4) is 0 Å². The highest BCUT2D eigenvalue weighted by atomic mass is 19.4. The quantitative estimate of drug-likeness (QED) is 0.575. The molecule has 1 heterocycles. The third-order valence-corrected chi connectivity index (χ3v) is 3.60. The minimum Gasteiger partial charge on any atom is -0.452 e. The molecule has 29 heavy (non-hydrogen) atoms. The number of amides is 3. The van der Waals surface area contributed by atoms with Crippen molar-refractivity contribution >= 4 is 17.9 Å². The minimum absolute atomic E-state index is 0.0589. The van der Waals surface area contributed by atoms with E-state index in [0.29, 0.717) is 11.4 Å². The molecule has 2 aromatic rings. The van der Waals surface area contributed by atoms with Gasteiger partial charge in [-0.15, -0.1) is 0 Å². The molecule has 2 N–H and O–H groups in total. The van der Waals surface area contributed by atoms with Crippen molar-refractivity contribution in [1.82, 2.24) is 20.4 Å². The van der Waals surface area contributed by atoms with Crippen molar-refractivity contribution in [2.75, 3.05) is 13.2 Å². The predicted molar refractivity (Wildman–Crippen MR) is 90.9 cm³/mol. The number of imide groups is 1. The van der Waals surface area contributed by atoms with Crippen LogP contribution < -0.4 is 10.6 Å². The normalized spacial score (nSPS) is 11.1. The summed E-state index contributed by atoms with van der Waals surface area (Å²) < 4.78 is 55.2. The second-order valence-electron chi connectivity index (χ2n) is 5.86. The molecule has 0 unspecified atom stereocenters. The molecule has 0 saturated heterocycles. The van der Waals surface area contributed by atoms with E-state index >= 15 is 0 Å². The number of carbonyl (C=O) groups is 3. The number of ether oxygens (including phenoxy) is 1. The summed E-state index contributed by atoms with van der Waals surface area (Å²) >= 11 is 0. The number of halogens is 4. The Labute approximate surface area is 161 Å². The molecular weight excluding hydrogens is 400 g/mol. The van der Waals surface area contributed by atoms with Crippen LogP contribution in [0.1, 0.15) is 21.7 Å². The number of carbonyl (C=O) groups excluding carboxylic acids is 3. The molecule has 0 aliphatic heterocycles. The first-order valence-electron chi connectivity index (χ1n) is 8.11. The maximum absolute atomic E-state index is 13.1. The van der Waals surface area contributed by atoms with Gasteiger partial charge in [0.15, 0.2) is 6.61 Å². The molecule has 8 nitrogen and oxygen atoms in total.